The number of carbonyl (C=O) groups excluding carboxylic acids is 2. The third kappa shape index (κ3) is 4.18. The average molecular weight is 442 g/mol. The van der Waals surface area contributed by atoms with Gasteiger partial charge in [0.05, 0.1) is 17.0 Å². The maximum Gasteiger partial charge on any atom is 0.255 e. The van der Waals surface area contributed by atoms with Crippen LogP contribution in [0, 0.1) is 25.5 Å². The highest BCUT2D eigenvalue weighted by molar-refractivity contribution is 6.00. The highest BCUT2D eigenvalue weighted by Crippen LogP contribution is 2.21. The van der Waals surface area contributed by atoms with Crippen LogP contribution in [0.5, 0.6) is 0 Å². The van der Waals surface area contributed by atoms with E-state index in [-0.39, 0.29) is 12.1 Å². The van der Waals surface area contributed by atoms with Crippen molar-refractivity contribution in [3.8, 4) is 0 Å². The first-order chi connectivity index (χ1) is 15.3. The highest BCUT2D eigenvalue weighted by Gasteiger charge is 2.41. The van der Waals surface area contributed by atoms with Crippen molar-refractivity contribution in [3.63, 3.8) is 0 Å². The fraction of sp³-hybridized carbons (Fsp3) is 0.364. The van der Waals surface area contributed by atoms with Crippen LogP contribution < -0.4 is 16.0 Å². The maximum atomic E-state index is 14.0. The van der Waals surface area contributed by atoms with Crippen LogP contribution in [0.25, 0.3) is 5.65 Å². The summed E-state index contributed by atoms with van der Waals surface area (Å²) in [6.45, 7) is 4.56. The van der Waals surface area contributed by atoms with Crippen LogP contribution in [0.2, 0.25) is 0 Å². The summed E-state index contributed by atoms with van der Waals surface area (Å²) in [6.07, 6.45) is 2.21. The molecule has 2 amide bonds. The molecule has 0 atom stereocenters. The van der Waals surface area contributed by atoms with Gasteiger partial charge in [0.25, 0.3) is 5.91 Å². The van der Waals surface area contributed by atoms with E-state index in [1.807, 2.05) is 13.0 Å². The summed E-state index contributed by atoms with van der Waals surface area (Å²) in [5, 5.41) is 13.1. The van der Waals surface area contributed by atoms with Gasteiger partial charge in [-0.15, -0.1) is 0 Å². The molecule has 1 aromatic carbocycles. The van der Waals surface area contributed by atoms with E-state index in [1.165, 1.54) is 12.3 Å². The number of halogens is 2. The van der Waals surface area contributed by atoms with Crippen molar-refractivity contribution < 1.29 is 18.4 Å². The molecule has 0 aliphatic carbocycles. The lowest BCUT2D eigenvalue weighted by Gasteiger charge is -2.37. The number of amides is 2. The molecule has 0 radical (unpaired) electrons. The van der Waals surface area contributed by atoms with Crippen LogP contribution in [0.4, 0.5) is 8.78 Å². The van der Waals surface area contributed by atoms with Gasteiger partial charge in [-0.3, -0.25) is 9.59 Å². The van der Waals surface area contributed by atoms with Crippen LogP contribution >= 0.6 is 0 Å². The Hall–Kier alpha value is -3.40. The second-order valence-corrected chi connectivity index (χ2v) is 8.02. The number of aromatic nitrogens is 3. The van der Waals surface area contributed by atoms with E-state index in [4.69, 9.17) is 0 Å². The number of aryl methyl sites for hydroxylation is 2. The van der Waals surface area contributed by atoms with Crippen LogP contribution in [-0.2, 0) is 11.3 Å². The lowest BCUT2D eigenvalue weighted by Crippen LogP contribution is -2.62. The summed E-state index contributed by atoms with van der Waals surface area (Å²) in [7, 11) is 0. The molecule has 0 saturated carbocycles. The molecule has 2 aromatic heterocycles. The number of rotatable bonds is 5. The van der Waals surface area contributed by atoms with Crippen molar-refractivity contribution >= 4 is 17.5 Å². The molecule has 4 rings (SSSR count). The first-order valence-electron chi connectivity index (χ1n) is 10.4. The summed E-state index contributed by atoms with van der Waals surface area (Å²) in [6, 6.07) is 5.00. The number of nitrogens with zero attached hydrogens (tertiary/aromatic N) is 3. The zero-order valence-corrected chi connectivity index (χ0v) is 17.8. The Morgan fingerprint density at radius 1 is 1.19 bits per heavy atom. The third-order valence-electron chi connectivity index (χ3n) is 5.79. The molecule has 32 heavy (non-hydrogen) atoms. The van der Waals surface area contributed by atoms with Crippen LogP contribution in [-0.4, -0.2) is 45.0 Å². The number of piperidine rings is 1. The second kappa shape index (κ2) is 8.62. The smallest absolute Gasteiger partial charge is 0.255 e. The molecule has 0 bridgehead atoms. The highest BCUT2D eigenvalue weighted by atomic mass is 19.1. The van der Waals surface area contributed by atoms with E-state index >= 15 is 0 Å². The van der Waals surface area contributed by atoms with Gasteiger partial charge in [0.15, 0.2) is 5.65 Å². The van der Waals surface area contributed by atoms with Gasteiger partial charge >= 0.3 is 0 Å². The van der Waals surface area contributed by atoms with E-state index in [1.54, 1.807) is 11.4 Å². The zero-order valence-electron chi connectivity index (χ0n) is 17.8. The Labute approximate surface area is 183 Å². The van der Waals surface area contributed by atoms with E-state index in [2.05, 4.69) is 26.0 Å². The molecule has 3 aromatic rings. The molecule has 1 aliphatic rings. The molecule has 168 valence electrons. The lowest BCUT2D eigenvalue weighted by molar-refractivity contribution is -0.128. The minimum atomic E-state index is -1.17. The zero-order chi connectivity index (χ0) is 22.9. The van der Waals surface area contributed by atoms with Crippen LogP contribution in [0.3, 0.4) is 0 Å². The van der Waals surface area contributed by atoms with Gasteiger partial charge in [0.1, 0.15) is 17.2 Å². The maximum absolute atomic E-state index is 14.0. The molecule has 3 N–H and O–H groups in total. The minimum absolute atomic E-state index is 0.116. The molecular formula is C22H24F2N6O2. The van der Waals surface area contributed by atoms with Crippen LogP contribution in [0.15, 0.2) is 30.5 Å². The molecular weight excluding hydrogens is 418 g/mol. The van der Waals surface area contributed by atoms with Crippen molar-refractivity contribution in [1.29, 1.82) is 0 Å². The predicted molar refractivity (Wildman–Crippen MR) is 113 cm³/mol. The van der Waals surface area contributed by atoms with Crippen LogP contribution in [0.1, 0.15) is 40.2 Å². The van der Waals surface area contributed by atoms with E-state index in [0.29, 0.717) is 42.8 Å². The summed E-state index contributed by atoms with van der Waals surface area (Å²) < 4.78 is 28.7. The van der Waals surface area contributed by atoms with Crippen molar-refractivity contribution in [2.45, 2.75) is 38.8 Å². The number of hydrogen-bond donors (Lipinski definition) is 3. The van der Waals surface area contributed by atoms with Crippen molar-refractivity contribution in [2.75, 3.05) is 13.1 Å². The standard InChI is InChI=1S/C22H24F2N6O2/c1-13-9-19-26-12-17(14(2)30(19)29-13)20(31)28-22(5-7-25-8-6-22)21(32)27-11-15-3-4-16(23)10-18(15)24/h3-4,9-10,12,25H,5-8,11H2,1-2H3,(H,27,32)(H,28,31). The molecule has 8 nitrogen and oxygen atoms in total. The number of hydrogen-bond acceptors (Lipinski definition) is 5. The molecule has 1 aliphatic heterocycles. The Morgan fingerprint density at radius 3 is 2.66 bits per heavy atom. The normalized spacial score (nSPS) is 15.5. The summed E-state index contributed by atoms with van der Waals surface area (Å²) in [4.78, 5) is 30.6. The molecule has 10 heteroatoms. The topological polar surface area (TPSA) is 100 Å². The summed E-state index contributed by atoms with van der Waals surface area (Å²) >= 11 is 0. The Kier molecular flexibility index (Phi) is 5.88. The fourth-order valence-corrected chi connectivity index (χ4v) is 3.94. The number of carbonyl (C=O) groups is 2. The van der Waals surface area contributed by atoms with E-state index in [9.17, 15) is 18.4 Å². The van der Waals surface area contributed by atoms with E-state index in [0.717, 1.165) is 17.8 Å². The van der Waals surface area contributed by atoms with Gasteiger partial charge in [-0.1, -0.05) is 6.07 Å². The van der Waals surface area contributed by atoms with Gasteiger partial charge in [0, 0.05) is 30.4 Å². The number of fused-ring (bicyclic) bond motifs is 1. The van der Waals surface area contributed by atoms with Crippen molar-refractivity contribution in [2.24, 2.45) is 0 Å². The summed E-state index contributed by atoms with van der Waals surface area (Å²) in [5.74, 6) is -2.28. The molecule has 1 fully saturated rings. The lowest BCUT2D eigenvalue weighted by atomic mass is 9.86. The monoisotopic (exact) mass is 442 g/mol. The van der Waals surface area contributed by atoms with Gasteiger partial charge in [-0.05, 0) is 45.8 Å². The minimum Gasteiger partial charge on any atom is -0.350 e. The molecule has 0 spiro atoms. The largest absolute Gasteiger partial charge is 0.350 e. The third-order valence-corrected chi connectivity index (χ3v) is 5.79. The molecule has 0 unspecified atom stereocenters. The quantitative estimate of drug-likeness (QED) is 0.560. The number of benzene rings is 1. The first kappa shape index (κ1) is 21.8. The van der Waals surface area contributed by atoms with Gasteiger partial charge in [-0.2, -0.15) is 5.10 Å². The Morgan fingerprint density at radius 2 is 1.94 bits per heavy atom. The van der Waals surface area contributed by atoms with E-state index < -0.39 is 29.0 Å². The average Bonchev–Trinajstić information content (AvgIpc) is 3.15. The number of nitrogens with one attached hydrogen (secondary N) is 3. The van der Waals surface area contributed by atoms with Gasteiger partial charge in [-0.25, -0.2) is 18.3 Å². The molecule has 1 saturated heterocycles. The second-order valence-electron chi connectivity index (χ2n) is 8.02. The van der Waals surface area contributed by atoms with Crippen molar-refractivity contribution in [1.82, 2.24) is 30.5 Å². The summed E-state index contributed by atoms with van der Waals surface area (Å²) in [5.41, 5.74) is 1.33. The van der Waals surface area contributed by atoms with Crippen molar-refractivity contribution in [3.05, 3.63) is 64.6 Å². The predicted octanol–water partition coefficient (Wildman–Crippen LogP) is 1.79. The fourth-order valence-electron chi connectivity index (χ4n) is 3.94. The van der Waals surface area contributed by atoms with Gasteiger partial charge < -0.3 is 16.0 Å². The Balaban J connectivity index is 1.55. The Bertz CT molecular complexity index is 1190. The molecule has 3 heterocycles. The first-order valence-corrected chi connectivity index (χ1v) is 10.4. The SMILES string of the molecule is Cc1cc2ncc(C(=O)NC3(C(=O)NCc4ccc(F)cc4F)CCNCC3)c(C)n2n1. The van der Waals surface area contributed by atoms with Gasteiger partial charge in [0.2, 0.25) is 5.91 Å².